The minimum atomic E-state index is -0.206. The molecule has 0 amide bonds. The number of fused-ring (bicyclic) bond motifs is 3. The summed E-state index contributed by atoms with van der Waals surface area (Å²) in [5.74, 6) is 7.21. The van der Waals surface area contributed by atoms with E-state index in [4.69, 9.17) is 52.9 Å². The molecule has 0 unspecified atom stereocenters. The summed E-state index contributed by atoms with van der Waals surface area (Å²) in [6.07, 6.45) is 7.36. The van der Waals surface area contributed by atoms with Crippen molar-refractivity contribution in [2.45, 2.75) is 154 Å². The molecule has 4 N–H and O–H groups in total. The minimum Gasteiger partial charge on any atom is -0.458 e. The highest BCUT2D eigenvalue weighted by Gasteiger charge is 2.24. The number of hydrogen-bond donors (Lipinski definition) is 3. The number of nitrogens with zero attached hydrogens (tertiary/aromatic N) is 14. The number of nitrogens with two attached hydrogens (primary N) is 1. The van der Waals surface area contributed by atoms with Gasteiger partial charge in [-0.05, 0) is 152 Å². The van der Waals surface area contributed by atoms with Crippen LogP contribution in [0.4, 0.5) is 17.8 Å². The minimum absolute atomic E-state index is 0. The summed E-state index contributed by atoms with van der Waals surface area (Å²) < 4.78 is 45.6. The maximum atomic E-state index is 5.96. The number of nitrogen functional groups attached to an aromatic ring is 1. The average Bonchev–Trinajstić information content (AvgIpc) is 2.37. The van der Waals surface area contributed by atoms with Gasteiger partial charge in [0.2, 0.25) is 35.3 Å². The first-order valence-corrected chi connectivity index (χ1v) is 29.9. The van der Waals surface area contributed by atoms with Crippen LogP contribution in [0.15, 0.2) is 129 Å². The van der Waals surface area contributed by atoms with E-state index in [1.807, 2.05) is 93.6 Å². The number of halogens is 1. The summed E-state index contributed by atoms with van der Waals surface area (Å²) in [6.45, 7) is 21.8. The molecule has 0 radical (unpaired) electrons. The van der Waals surface area contributed by atoms with Crippen LogP contribution in [0.25, 0.3) is 51.7 Å². The van der Waals surface area contributed by atoms with E-state index < -0.39 is 0 Å². The van der Waals surface area contributed by atoms with E-state index in [9.17, 15) is 0 Å². The lowest BCUT2D eigenvalue weighted by Crippen LogP contribution is -2.27. The first-order chi connectivity index (χ1) is 40.8. The smallest absolute Gasteiger partial charge is 0.227 e. The number of pyridine rings is 2. The fourth-order valence-electron chi connectivity index (χ4n) is 8.76. The number of anilines is 3. The van der Waals surface area contributed by atoms with Gasteiger partial charge in [0.15, 0.2) is 34.2 Å². The zero-order chi connectivity index (χ0) is 59.4. The maximum Gasteiger partial charge on any atom is 0.227 e. The van der Waals surface area contributed by atoms with Crippen molar-refractivity contribution in [3.63, 3.8) is 0 Å². The van der Waals surface area contributed by atoms with Gasteiger partial charge in [0.1, 0.15) is 27.3 Å². The third-order valence-electron chi connectivity index (χ3n) is 12.6. The predicted molar refractivity (Wildman–Crippen MR) is 343 cm³/mol. The van der Waals surface area contributed by atoms with Gasteiger partial charge in [0.25, 0.3) is 0 Å². The van der Waals surface area contributed by atoms with Crippen molar-refractivity contribution in [3.8, 4) is 34.8 Å². The lowest BCUT2D eigenvalue weighted by Gasteiger charge is -2.20. The molecule has 0 bridgehead atoms. The molecule has 466 valence electrons. The van der Waals surface area contributed by atoms with Crippen LogP contribution >= 0.6 is 39.5 Å². The highest BCUT2D eigenvalue weighted by atomic mass is 79.9. The Balaban J connectivity index is 0.000000172. The van der Waals surface area contributed by atoms with E-state index >= 15 is 0 Å². The molecular weight excluding hydrogens is 1230 g/mol. The van der Waals surface area contributed by atoms with Gasteiger partial charge in [-0.3, -0.25) is 0 Å². The Bertz CT molecular complexity index is 4100. The van der Waals surface area contributed by atoms with Crippen LogP contribution in [0.1, 0.15) is 105 Å². The number of ether oxygens (including phenoxy) is 4. The van der Waals surface area contributed by atoms with Crippen molar-refractivity contribution >= 4 is 74.2 Å². The summed E-state index contributed by atoms with van der Waals surface area (Å²) in [5.41, 5.74) is 9.34. The van der Waals surface area contributed by atoms with Crippen molar-refractivity contribution in [1.29, 1.82) is 0 Å². The molecule has 2 fully saturated rings. The van der Waals surface area contributed by atoms with Crippen molar-refractivity contribution in [2.24, 2.45) is 0 Å². The Labute approximate surface area is 528 Å². The predicted octanol–water partition coefficient (Wildman–Crippen LogP) is 13.5. The highest BCUT2D eigenvalue weighted by Crippen LogP contribution is 2.35. The summed E-state index contributed by atoms with van der Waals surface area (Å²) in [4.78, 5) is 38.3. The molecule has 13 heterocycles. The lowest BCUT2D eigenvalue weighted by atomic mass is 10.1. The van der Waals surface area contributed by atoms with Crippen molar-refractivity contribution in [2.75, 3.05) is 42.8 Å². The summed E-state index contributed by atoms with van der Waals surface area (Å²) in [5, 5.41) is 21.6. The van der Waals surface area contributed by atoms with Gasteiger partial charge in [-0.2, -0.15) is 58.7 Å². The Morgan fingerprint density at radius 2 is 0.943 bits per heavy atom. The summed E-state index contributed by atoms with van der Waals surface area (Å²) >= 11 is 6.43. The van der Waals surface area contributed by atoms with Crippen molar-refractivity contribution in [3.05, 3.63) is 125 Å². The fraction of sp³-hybridized carbons (Fsp3) is 0.393. The second kappa shape index (κ2) is 28.6. The molecule has 0 aromatic carbocycles. The third-order valence-corrected chi connectivity index (χ3v) is 15.0. The summed E-state index contributed by atoms with van der Waals surface area (Å²) in [7, 11) is 0. The van der Waals surface area contributed by atoms with E-state index in [2.05, 4.69) is 108 Å². The zero-order valence-electron chi connectivity index (χ0n) is 48.4. The lowest BCUT2D eigenvalue weighted by molar-refractivity contribution is 0.0299. The first-order valence-electron chi connectivity index (χ1n) is 27.4. The molecule has 88 heavy (non-hydrogen) atoms. The van der Waals surface area contributed by atoms with Gasteiger partial charge >= 0.3 is 0 Å². The van der Waals surface area contributed by atoms with Gasteiger partial charge in [-0.25, -0.2) is 9.97 Å². The first kappa shape index (κ1) is 66.2. The highest BCUT2D eigenvalue weighted by molar-refractivity contribution is 9.10. The largest absolute Gasteiger partial charge is 0.458 e. The SMILES string of the molecule is C.C.C.Cc1ccc(-c2nc(N)nc3c(Sc4cccc(CO[C@H]5CCOC5)n4)cnn23)o1.Cc1ccc(-c2nc(NC(C)(C)C)nc3c(Br)cnn23)o1.Cc1ccc(-c2nc(NC(C)(C)C)nc3c(Sc4cccc(CO[C@H]5CCOC5)n4)cnn23)o1. The van der Waals surface area contributed by atoms with E-state index in [1.165, 1.54) is 23.5 Å². The zero-order valence-corrected chi connectivity index (χ0v) is 51.6. The Hall–Kier alpha value is -7.79. The molecule has 27 heteroatoms. The van der Waals surface area contributed by atoms with Crippen molar-refractivity contribution < 1.29 is 32.2 Å². The Kier molecular flexibility index (Phi) is 21.5. The van der Waals surface area contributed by atoms with E-state index in [-0.39, 0.29) is 51.5 Å². The summed E-state index contributed by atoms with van der Waals surface area (Å²) in [6, 6.07) is 23.1. The van der Waals surface area contributed by atoms with Crippen LogP contribution in [0.2, 0.25) is 0 Å². The molecule has 11 aromatic rings. The number of hydrogen-bond acceptors (Lipinski definition) is 23. The molecule has 13 rings (SSSR count). The van der Waals surface area contributed by atoms with Crippen LogP contribution in [0.5, 0.6) is 0 Å². The standard InChI is InChI=1S/C24H28N6O3S.C20H20N6O3S.C14H16BrN5O.3CH4/c1-15-8-9-18(33-15)21-27-23(29-24(2,3)4)28-22-19(12-25-30(21)22)34-20-7-5-6-16(26-20)13-32-17-10-11-31-14-17;1-12-5-6-15(29-12)18-24-20(21)25-19-16(9-22-26(18)19)30-17-4-2-3-13(23-17)10-28-14-7-8-27-11-14;1-8-5-6-10(21-8)12-18-13(19-14(2,3)4)17-11-9(15)7-16-20(11)12;;;/h5-9,12,17H,10-11,13-14H2,1-4H3,(H,28,29);2-6,9,14H,7-8,10-11H2,1H3,(H2,21,25);5-7H,1-4H3,(H,17,19);3*1H4/t17-;14-;;;;/m00..../s1. The topological polar surface area (TPSA) is 281 Å². The van der Waals surface area contributed by atoms with Crippen LogP contribution in [-0.2, 0) is 32.2 Å². The quantitative estimate of drug-likeness (QED) is 0.0860. The normalized spacial score (nSPS) is 14.8. The molecule has 0 saturated carbocycles. The van der Waals surface area contributed by atoms with Crippen LogP contribution < -0.4 is 16.4 Å². The van der Waals surface area contributed by atoms with Crippen LogP contribution in [0.3, 0.4) is 0 Å². The number of nitrogens with one attached hydrogen (secondary N) is 2. The number of rotatable bonds is 15. The molecule has 24 nitrogen and oxygen atoms in total. The van der Waals surface area contributed by atoms with Gasteiger partial charge in [0, 0.05) is 24.3 Å². The molecule has 2 aliphatic heterocycles. The maximum absolute atomic E-state index is 5.96. The van der Waals surface area contributed by atoms with Crippen molar-refractivity contribution in [1.82, 2.24) is 68.7 Å². The Morgan fingerprint density at radius 1 is 0.534 bits per heavy atom. The molecule has 2 atom stereocenters. The number of aromatic nitrogens is 14. The van der Waals surface area contributed by atoms with E-state index in [1.54, 1.807) is 32.1 Å². The van der Waals surface area contributed by atoms with Gasteiger partial charge in [0.05, 0.1) is 82.9 Å². The van der Waals surface area contributed by atoms with Gasteiger partial charge in [-0.1, -0.05) is 57.9 Å². The average molecular weight is 1300 g/mol. The third kappa shape index (κ3) is 16.5. The number of furan rings is 3. The number of aryl methyl sites for hydroxylation is 3. The Morgan fingerprint density at radius 3 is 1.35 bits per heavy atom. The monoisotopic (exact) mass is 1300 g/mol. The van der Waals surface area contributed by atoms with Gasteiger partial charge in [-0.15, -0.1) is 0 Å². The van der Waals surface area contributed by atoms with E-state index in [0.717, 1.165) is 79.0 Å². The molecule has 11 aromatic heterocycles. The molecule has 2 aliphatic rings. The molecular formula is C61H76BrN17O7S2. The van der Waals surface area contributed by atoms with Gasteiger partial charge < -0.3 is 48.6 Å². The second-order valence-electron chi connectivity index (χ2n) is 22.1. The van der Waals surface area contributed by atoms with Crippen LogP contribution in [0, 0.1) is 20.8 Å². The molecule has 0 aliphatic carbocycles. The fourth-order valence-corrected chi connectivity index (χ4v) is 10.8. The second-order valence-corrected chi connectivity index (χ2v) is 25.1. The van der Waals surface area contributed by atoms with E-state index in [0.29, 0.717) is 90.0 Å². The van der Waals surface area contributed by atoms with Crippen LogP contribution in [-0.4, -0.2) is 118 Å². The molecule has 0 spiro atoms. The molecule has 2 saturated heterocycles.